The van der Waals surface area contributed by atoms with Gasteiger partial charge in [-0.3, -0.25) is 9.69 Å². The van der Waals surface area contributed by atoms with Gasteiger partial charge in [0.15, 0.2) is 0 Å². The first-order chi connectivity index (χ1) is 9.22. The average molecular weight is 281 g/mol. The summed E-state index contributed by atoms with van der Waals surface area (Å²) in [6, 6.07) is 8.11. The van der Waals surface area contributed by atoms with E-state index in [1.54, 1.807) is 0 Å². The fourth-order valence-electron chi connectivity index (χ4n) is 2.57. The Morgan fingerprint density at radius 1 is 1.37 bits per heavy atom. The van der Waals surface area contributed by atoms with Crippen LogP contribution in [-0.2, 0) is 4.79 Å². The Labute approximate surface area is 119 Å². The molecule has 19 heavy (non-hydrogen) atoms. The van der Waals surface area contributed by atoms with Gasteiger partial charge in [0.2, 0.25) is 5.91 Å². The van der Waals surface area contributed by atoms with Crippen LogP contribution in [-0.4, -0.2) is 30.4 Å². The first-order valence-electron chi connectivity index (χ1n) is 6.97. The monoisotopic (exact) mass is 280 g/mol. The molecule has 0 spiro atoms. The smallest absolute Gasteiger partial charge is 0.219 e. The Morgan fingerprint density at radius 2 is 2.05 bits per heavy atom. The van der Waals surface area contributed by atoms with E-state index in [1.807, 2.05) is 25.1 Å². The van der Waals surface area contributed by atoms with Crippen molar-refractivity contribution in [2.24, 2.45) is 0 Å². The summed E-state index contributed by atoms with van der Waals surface area (Å²) in [4.78, 5) is 13.9. The zero-order valence-electron chi connectivity index (χ0n) is 11.4. The molecule has 1 atom stereocenters. The minimum atomic E-state index is 0.0938. The van der Waals surface area contributed by atoms with E-state index < -0.39 is 0 Å². The molecule has 1 aromatic carbocycles. The number of hydrogen-bond donors (Lipinski definition) is 1. The zero-order chi connectivity index (χ0) is 13.7. The van der Waals surface area contributed by atoms with E-state index in [1.165, 1.54) is 12.8 Å². The lowest BCUT2D eigenvalue weighted by Crippen LogP contribution is -2.36. The Bertz CT molecular complexity index is 430. The number of amides is 1. The fraction of sp³-hybridized carbons (Fsp3) is 0.533. The van der Waals surface area contributed by atoms with Crippen molar-refractivity contribution in [1.82, 2.24) is 10.2 Å². The second kappa shape index (κ2) is 6.92. The third-order valence-corrected chi connectivity index (χ3v) is 4.00. The number of rotatable bonds is 5. The van der Waals surface area contributed by atoms with Gasteiger partial charge in [-0.05, 0) is 37.6 Å². The highest BCUT2D eigenvalue weighted by atomic mass is 35.5. The summed E-state index contributed by atoms with van der Waals surface area (Å²) in [6.45, 7) is 4.67. The number of carbonyl (C=O) groups excluding carboxylic acids is 1. The molecule has 0 aliphatic carbocycles. The van der Waals surface area contributed by atoms with Gasteiger partial charge in [0.05, 0.1) is 6.04 Å². The van der Waals surface area contributed by atoms with Crippen LogP contribution in [0.2, 0.25) is 5.02 Å². The maximum Gasteiger partial charge on any atom is 0.219 e. The van der Waals surface area contributed by atoms with E-state index in [2.05, 4.69) is 16.3 Å². The molecule has 1 aliphatic heterocycles. The van der Waals surface area contributed by atoms with Crippen molar-refractivity contribution in [2.45, 2.75) is 32.2 Å². The molecule has 1 saturated heterocycles. The number of hydrogen-bond acceptors (Lipinski definition) is 2. The SMILES string of the molecule is CCC(=O)NC[C@H](c1ccccc1Cl)N1CCCC1. The third-order valence-electron chi connectivity index (χ3n) is 3.66. The van der Waals surface area contributed by atoms with Gasteiger partial charge in [0.25, 0.3) is 0 Å². The minimum absolute atomic E-state index is 0.0938. The van der Waals surface area contributed by atoms with Gasteiger partial charge in [0, 0.05) is 18.0 Å². The van der Waals surface area contributed by atoms with E-state index in [0.717, 1.165) is 23.7 Å². The highest BCUT2D eigenvalue weighted by molar-refractivity contribution is 6.31. The molecule has 1 aliphatic rings. The van der Waals surface area contributed by atoms with Crippen LogP contribution in [0.5, 0.6) is 0 Å². The molecule has 1 heterocycles. The van der Waals surface area contributed by atoms with Gasteiger partial charge in [-0.15, -0.1) is 0 Å². The molecule has 1 aromatic rings. The summed E-state index contributed by atoms with van der Waals surface area (Å²) >= 11 is 6.31. The first kappa shape index (κ1) is 14.4. The molecule has 0 radical (unpaired) electrons. The molecule has 104 valence electrons. The number of likely N-dealkylation sites (tertiary alicyclic amines) is 1. The van der Waals surface area contributed by atoms with Gasteiger partial charge in [-0.25, -0.2) is 0 Å². The molecule has 1 N–H and O–H groups in total. The maximum absolute atomic E-state index is 11.5. The van der Waals surface area contributed by atoms with Gasteiger partial charge in [0.1, 0.15) is 0 Å². The van der Waals surface area contributed by atoms with Crippen LogP contribution in [0.15, 0.2) is 24.3 Å². The Kier molecular flexibility index (Phi) is 5.23. The number of halogens is 1. The molecule has 1 amide bonds. The first-order valence-corrected chi connectivity index (χ1v) is 7.35. The van der Waals surface area contributed by atoms with Crippen molar-refractivity contribution < 1.29 is 4.79 Å². The van der Waals surface area contributed by atoms with Crippen LogP contribution >= 0.6 is 11.6 Å². The van der Waals surface area contributed by atoms with E-state index >= 15 is 0 Å². The van der Waals surface area contributed by atoms with E-state index in [-0.39, 0.29) is 11.9 Å². The highest BCUT2D eigenvalue weighted by Gasteiger charge is 2.25. The van der Waals surface area contributed by atoms with Gasteiger partial charge >= 0.3 is 0 Å². The molecule has 0 bridgehead atoms. The number of benzene rings is 1. The lowest BCUT2D eigenvalue weighted by Gasteiger charge is -2.28. The normalized spacial score (nSPS) is 17.4. The zero-order valence-corrected chi connectivity index (χ0v) is 12.1. The van der Waals surface area contributed by atoms with Crippen LogP contribution in [0, 0.1) is 0 Å². The topological polar surface area (TPSA) is 32.3 Å². The quantitative estimate of drug-likeness (QED) is 0.899. The van der Waals surface area contributed by atoms with Crippen LogP contribution in [0.3, 0.4) is 0 Å². The molecule has 2 rings (SSSR count). The van der Waals surface area contributed by atoms with E-state index in [9.17, 15) is 4.79 Å². The molecular weight excluding hydrogens is 260 g/mol. The van der Waals surface area contributed by atoms with Crippen molar-refractivity contribution >= 4 is 17.5 Å². The molecule has 1 fully saturated rings. The van der Waals surface area contributed by atoms with Crippen molar-refractivity contribution in [1.29, 1.82) is 0 Å². The summed E-state index contributed by atoms with van der Waals surface area (Å²) in [6.07, 6.45) is 2.97. The van der Waals surface area contributed by atoms with Crippen molar-refractivity contribution in [3.05, 3.63) is 34.9 Å². The predicted molar refractivity (Wildman–Crippen MR) is 78.3 cm³/mol. The Hall–Kier alpha value is -1.06. The molecule has 0 saturated carbocycles. The second-order valence-corrected chi connectivity index (χ2v) is 5.35. The summed E-state index contributed by atoms with van der Waals surface area (Å²) in [7, 11) is 0. The lowest BCUT2D eigenvalue weighted by atomic mass is 10.1. The number of carbonyl (C=O) groups is 1. The van der Waals surface area contributed by atoms with Crippen LogP contribution in [0.1, 0.15) is 37.8 Å². The molecule has 3 nitrogen and oxygen atoms in total. The maximum atomic E-state index is 11.5. The van der Waals surface area contributed by atoms with Gasteiger partial charge in [-0.1, -0.05) is 36.7 Å². The Balaban J connectivity index is 2.14. The van der Waals surface area contributed by atoms with Crippen molar-refractivity contribution in [3.8, 4) is 0 Å². The van der Waals surface area contributed by atoms with E-state index in [0.29, 0.717) is 13.0 Å². The Morgan fingerprint density at radius 3 is 2.68 bits per heavy atom. The average Bonchev–Trinajstić information content (AvgIpc) is 2.94. The van der Waals surface area contributed by atoms with E-state index in [4.69, 9.17) is 11.6 Å². The predicted octanol–water partition coefficient (Wildman–Crippen LogP) is 3.00. The summed E-state index contributed by atoms with van der Waals surface area (Å²) < 4.78 is 0. The second-order valence-electron chi connectivity index (χ2n) is 4.94. The minimum Gasteiger partial charge on any atom is -0.354 e. The van der Waals surface area contributed by atoms with Crippen molar-refractivity contribution in [3.63, 3.8) is 0 Å². The lowest BCUT2D eigenvalue weighted by molar-refractivity contribution is -0.121. The molecule has 4 heteroatoms. The van der Waals surface area contributed by atoms with Crippen LogP contribution in [0.25, 0.3) is 0 Å². The number of nitrogens with one attached hydrogen (secondary N) is 1. The van der Waals surface area contributed by atoms with Gasteiger partial charge < -0.3 is 5.32 Å². The molecule has 0 unspecified atom stereocenters. The standard InChI is InChI=1S/C15H21ClN2O/c1-2-15(19)17-11-14(18-9-5-6-10-18)12-7-3-4-8-13(12)16/h3-4,7-8,14H,2,5-6,9-11H2,1H3,(H,17,19)/t14-/m1/s1. The fourth-order valence-corrected chi connectivity index (χ4v) is 2.83. The summed E-state index contributed by atoms with van der Waals surface area (Å²) in [5.41, 5.74) is 1.11. The molecule has 0 aromatic heterocycles. The highest BCUT2D eigenvalue weighted by Crippen LogP contribution is 2.29. The van der Waals surface area contributed by atoms with Crippen LogP contribution in [0.4, 0.5) is 0 Å². The van der Waals surface area contributed by atoms with Crippen molar-refractivity contribution in [2.75, 3.05) is 19.6 Å². The third kappa shape index (κ3) is 3.71. The largest absolute Gasteiger partial charge is 0.354 e. The van der Waals surface area contributed by atoms with Crippen LogP contribution < -0.4 is 5.32 Å². The summed E-state index contributed by atoms with van der Waals surface area (Å²) in [5, 5.41) is 3.78. The van der Waals surface area contributed by atoms with Gasteiger partial charge in [-0.2, -0.15) is 0 Å². The molecular formula is C15H21ClN2O. The number of nitrogens with zero attached hydrogens (tertiary/aromatic N) is 1. The summed E-state index contributed by atoms with van der Waals surface area (Å²) in [5.74, 6) is 0.0938.